The van der Waals surface area contributed by atoms with Gasteiger partial charge in [0, 0.05) is 17.4 Å². The molecule has 0 aromatic carbocycles. The molecule has 0 saturated carbocycles. The third kappa shape index (κ3) is 9.56. The molecule has 0 aliphatic heterocycles. The number of halogens is 1. The summed E-state index contributed by atoms with van der Waals surface area (Å²) in [6.07, 6.45) is 3.52. The molecular weight excluding hydrogens is 232 g/mol. The van der Waals surface area contributed by atoms with E-state index < -0.39 is 0 Å². The highest BCUT2D eigenvalue weighted by Gasteiger charge is 1.99. The van der Waals surface area contributed by atoms with E-state index in [9.17, 15) is 4.79 Å². The first kappa shape index (κ1) is 12.7. The molecule has 0 saturated heterocycles. The summed E-state index contributed by atoms with van der Waals surface area (Å²) < 4.78 is 0.794. The van der Waals surface area contributed by atoms with E-state index >= 15 is 0 Å². The van der Waals surface area contributed by atoms with Gasteiger partial charge in [-0.2, -0.15) is 0 Å². The minimum absolute atomic E-state index is 0.0811. The molecule has 0 radical (unpaired) electrons. The van der Waals surface area contributed by atoms with Gasteiger partial charge >= 0.3 is 0 Å². The second kappa shape index (κ2) is 8.26. The normalized spacial score (nSPS) is 9.69. The van der Waals surface area contributed by atoms with Crippen molar-refractivity contribution in [3.63, 3.8) is 0 Å². The van der Waals surface area contributed by atoms with Gasteiger partial charge in [0.2, 0.25) is 5.91 Å². The van der Waals surface area contributed by atoms with Crippen LogP contribution in [-0.2, 0) is 4.79 Å². The summed E-state index contributed by atoms with van der Waals surface area (Å²) in [7, 11) is 0. The maximum atomic E-state index is 11.1. The summed E-state index contributed by atoms with van der Waals surface area (Å²) in [5.74, 6) is 0.0811. The molecule has 0 aromatic heterocycles. The summed E-state index contributed by atoms with van der Waals surface area (Å²) in [5.41, 5.74) is 5.33. The number of hydrogen-bond donors (Lipinski definition) is 2. The number of nitrogens with one attached hydrogen (secondary N) is 1. The molecule has 76 valence electrons. The van der Waals surface area contributed by atoms with Crippen LogP contribution in [0.15, 0.2) is 11.1 Å². The summed E-state index contributed by atoms with van der Waals surface area (Å²) in [5, 5.41) is 2.74. The number of rotatable bonds is 7. The van der Waals surface area contributed by atoms with Crippen molar-refractivity contribution in [1.82, 2.24) is 5.32 Å². The third-order valence-corrected chi connectivity index (χ3v) is 1.87. The zero-order valence-electron chi connectivity index (χ0n) is 7.81. The van der Waals surface area contributed by atoms with Crippen LogP contribution < -0.4 is 11.1 Å². The molecule has 0 bridgehead atoms. The first-order valence-electron chi connectivity index (χ1n) is 4.47. The van der Waals surface area contributed by atoms with Gasteiger partial charge < -0.3 is 11.1 Å². The lowest BCUT2D eigenvalue weighted by atomic mass is 10.2. The van der Waals surface area contributed by atoms with Gasteiger partial charge in [0.1, 0.15) is 0 Å². The van der Waals surface area contributed by atoms with Gasteiger partial charge in [0.15, 0.2) is 0 Å². The van der Waals surface area contributed by atoms with Crippen LogP contribution in [-0.4, -0.2) is 19.0 Å². The smallest absolute Gasteiger partial charge is 0.220 e. The fourth-order valence-corrected chi connectivity index (χ4v) is 1.03. The molecule has 3 N–H and O–H groups in total. The summed E-state index contributed by atoms with van der Waals surface area (Å²) in [6, 6.07) is 0. The summed E-state index contributed by atoms with van der Waals surface area (Å²) >= 11 is 3.17. The van der Waals surface area contributed by atoms with Gasteiger partial charge in [-0.15, -0.1) is 0 Å². The van der Waals surface area contributed by atoms with Crippen LogP contribution in [0.1, 0.15) is 25.7 Å². The Kier molecular flexibility index (Phi) is 8.04. The Balaban J connectivity index is 3.25. The number of hydrogen-bond acceptors (Lipinski definition) is 2. The molecule has 0 atom stereocenters. The standard InChI is InChI=1S/C9H17BrN2O/c1-8(10)7-12-9(13)5-3-2-4-6-11/h1-7,11H2,(H,12,13). The largest absolute Gasteiger partial charge is 0.352 e. The van der Waals surface area contributed by atoms with Crippen LogP contribution in [0.4, 0.5) is 0 Å². The Morgan fingerprint density at radius 3 is 2.62 bits per heavy atom. The third-order valence-electron chi connectivity index (χ3n) is 1.59. The van der Waals surface area contributed by atoms with Crippen molar-refractivity contribution in [2.75, 3.05) is 13.1 Å². The number of carbonyl (C=O) groups excluding carboxylic acids is 1. The topological polar surface area (TPSA) is 55.1 Å². The van der Waals surface area contributed by atoms with Gasteiger partial charge in [-0.05, 0) is 19.4 Å². The van der Waals surface area contributed by atoms with Crippen LogP contribution in [0.3, 0.4) is 0 Å². The zero-order chi connectivity index (χ0) is 10.1. The first-order chi connectivity index (χ1) is 6.16. The second-order valence-corrected chi connectivity index (χ2v) is 4.01. The van der Waals surface area contributed by atoms with Crippen molar-refractivity contribution >= 4 is 21.8 Å². The van der Waals surface area contributed by atoms with E-state index in [2.05, 4.69) is 27.8 Å². The van der Waals surface area contributed by atoms with E-state index in [1.165, 1.54) is 0 Å². The van der Waals surface area contributed by atoms with Crippen LogP contribution in [0.5, 0.6) is 0 Å². The molecule has 3 nitrogen and oxygen atoms in total. The fourth-order valence-electron chi connectivity index (χ4n) is 0.890. The second-order valence-electron chi connectivity index (χ2n) is 2.89. The predicted octanol–water partition coefficient (Wildman–Crippen LogP) is 1.53. The molecule has 0 fully saturated rings. The minimum Gasteiger partial charge on any atom is -0.352 e. The molecule has 0 aliphatic rings. The van der Waals surface area contributed by atoms with Crippen molar-refractivity contribution in [3.8, 4) is 0 Å². The molecule has 0 aliphatic carbocycles. The van der Waals surface area contributed by atoms with Crippen molar-refractivity contribution in [2.24, 2.45) is 5.73 Å². The van der Waals surface area contributed by atoms with Crippen molar-refractivity contribution < 1.29 is 4.79 Å². The van der Waals surface area contributed by atoms with E-state index in [1.54, 1.807) is 0 Å². The molecular formula is C9H17BrN2O. The number of amides is 1. The van der Waals surface area contributed by atoms with Crippen molar-refractivity contribution in [3.05, 3.63) is 11.1 Å². The van der Waals surface area contributed by atoms with E-state index in [0.717, 1.165) is 23.7 Å². The highest BCUT2D eigenvalue weighted by Crippen LogP contribution is 2.00. The van der Waals surface area contributed by atoms with Gasteiger partial charge in [-0.1, -0.05) is 28.9 Å². The van der Waals surface area contributed by atoms with E-state index in [0.29, 0.717) is 19.5 Å². The molecule has 4 heteroatoms. The predicted molar refractivity (Wildman–Crippen MR) is 58.6 cm³/mol. The van der Waals surface area contributed by atoms with Crippen molar-refractivity contribution in [1.29, 1.82) is 0 Å². The van der Waals surface area contributed by atoms with Crippen LogP contribution in [0.25, 0.3) is 0 Å². The minimum atomic E-state index is 0.0811. The summed E-state index contributed by atoms with van der Waals surface area (Å²) in [6.45, 7) is 4.84. The lowest BCUT2D eigenvalue weighted by Gasteiger charge is -2.03. The quantitative estimate of drug-likeness (QED) is 0.672. The Morgan fingerprint density at radius 2 is 2.08 bits per heavy atom. The van der Waals surface area contributed by atoms with Gasteiger partial charge in [-0.3, -0.25) is 4.79 Å². The average molecular weight is 249 g/mol. The monoisotopic (exact) mass is 248 g/mol. The number of unbranched alkanes of at least 4 members (excludes halogenated alkanes) is 2. The number of carbonyl (C=O) groups is 1. The molecule has 13 heavy (non-hydrogen) atoms. The van der Waals surface area contributed by atoms with E-state index in [1.807, 2.05) is 0 Å². The van der Waals surface area contributed by atoms with Crippen LogP contribution in [0.2, 0.25) is 0 Å². The van der Waals surface area contributed by atoms with E-state index in [4.69, 9.17) is 5.73 Å². The van der Waals surface area contributed by atoms with Gasteiger partial charge in [0.25, 0.3) is 0 Å². The molecule has 0 spiro atoms. The molecule has 1 amide bonds. The maximum Gasteiger partial charge on any atom is 0.220 e. The Labute approximate surface area is 87.9 Å². The Bertz CT molecular complexity index is 171. The molecule has 0 unspecified atom stereocenters. The van der Waals surface area contributed by atoms with Crippen molar-refractivity contribution in [2.45, 2.75) is 25.7 Å². The maximum absolute atomic E-state index is 11.1. The zero-order valence-corrected chi connectivity index (χ0v) is 9.40. The lowest BCUT2D eigenvalue weighted by molar-refractivity contribution is -0.121. The fraction of sp³-hybridized carbons (Fsp3) is 0.667. The molecule has 0 aromatic rings. The van der Waals surface area contributed by atoms with Gasteiger partial charge in [0.05, 0.1) is 0 Å². The Hall–Kier alpha value is -0.350. The molecule has 0 rings (SSSR count). The number of nitrogens with two attached hydrogens (primary N) is 1. The highest BCUT2D eigenvalue weighted by atomic mass is 79.9. The first-order valence-corrected chi connectivity index (χ1v) is 5.26. The lowest BCUT2D eigenvalue weighted by Crippen LogP contribution is -2.23. The highest BCUT2D eigenvalue weighted by molar-refractivity contribution is 9.11. The SMILES string of the molecule is C=C(Br)CNC(=O)CCCCCN. The molecule has 0 heterocycles. The summed E-state index contributed by atoms with van der Waals surface area (Å²) in [4.78, 5) is 11.1. The average Bonchev–Trinajstić information content (AvgIpc) is 2.09. The van der Waals surface area contributed by atoms with Crippen LogP contribution >= 0.6 is 15.9 Å². The Morgan fingerprint density at radius 1 is 1.38 bits per heavy atom. The van der Waals surface area contributed by atoms with Gasteiger partial charge in [-0.25, -0.2) is 0 Å². The van der Waals surface area contributed by atoms with E-state index in [-0.39, 0.29) is 5.91 Å². The van der Waals surface area contributed by atoms with Crippen LogP contribution in [0, 0.1) is 0 Å².